The molecule has 0 amide bonds. The first kappa shape index (κ1) is 13.9. The van der Waals surface area contributed by atoms with Crippen molar-refractivity contribution in [2.45, 2.75) is 52.0 Å². The summed E-state index contributed by atoms with van der Waals surface area (Å²) in [5, 5.41) is 22.3. The summed E-state index contributed by atoms with van der Waals surface area (Å²) in [7, 11) is 0. The molecule has 1 saturated carbocycles. The molecule has 0 unspecified atom stereocenters. The van der Waals surface area contributed by atoms with Crippen LogP contribution < -0.4 is 5.32 Å². The Bertz CT molecular complexity index is 208. The number of hydrogen-bond donors (Lipinski definition) is 3. The molecule has 0 aromatic heterocycles. The predicted octanol–water partition coefficient (Wildman–Crippen LogP) is 1.54. The first-order valence-electron chi connectivity index (χ1n) is 6.40. The third-order valence-corrected chi connectivity index (χ3v) is 3.90. The second-order valence-corrected chi connectivity index (χ2v) is 6.30. The SMILES string of the molecule is CC1CCC(CO)(NCC(C)(C)CO)CC1. The van der Waals surface area contributed by atoms with Gasteiger partial charge in [-0.2, -0.15) is 0 Å². The lowest BCUT2D eigenvalue weighted by atomic mass is 9.77. The molecule has 1 rings (SSSR count). The maximum atomic E-state index is 9.57. The molecule has 0 bridgehead atoms. The van der Waals surface area contributed by atoms with Crippen LogP contribution in [0.2, 0.25) is 0 Å². The van der Waals surface area contributed by atoms with Crippen LogP contribution in [0.15, 0.2) is 0 Å². The van der Waals surface area contributed by atoms with Crippen molar-refractivity contribution in [1.29, 1.82) is 0 Å². The fourth-order valence-electron chi connectivity index (χ4n) is 2.19. The van der Waals surface area contributed by atoms with Gasteiger partial charge in [-0.05, 0) is 31.6 Å². The average molecular weight is 229 g/mol. The first-order chi connectivity index (χ1) is 7.43. The molecule has 1 aliphatic carbocycles. The van der Waals surface area contributed by atoms with Crippen LogP contribution in [0.5, 0.6) is 0 Å². The largest absolute Gasteiger partial charge is 0.396 e. The summed E-state index contributed by atoms with van der Waals surface area (Å²) in [6.45, 7) is 7.50. The zero-order valence-corrected chi connectivity index (χ0v) is 10.9. The highest BCUT2D eigenvalue weighted by Gasteiger charge is 2.34. The fourth-order valence-corrected chi connectivity index (χ4v) is 2.19. The lowest BCUT2D eigenvalue weighted by molar-refractivity contribution is 0.0802. The molecule has 1 aliphatic rings. The molecule has 96 valence electrons. The van der Waals surface area contributed by atoms with E-state index in [4.69, 9.17) is 0 Å². The highest BCUT2D eigenvalue weighted by Crippen LogP contribution is 2.32. The first-order valence-corrected chi connectivity index (χ1v) is 6.40. The Morgan fingerprint density at radius 1 is 1.25 bits per heavy atom. The van der Waals surface area contributed by atoms with Crippen LogP contribution in [0, 0.1) is 11.3 Å². The normalized spacial score (nSPS) is 31.7. The molecule has 0 aromatic rings. The van der Waals surface area contributed by atoms with Gasteiger partial charge in [-0.3, -0.25) is 0 Å². The molecule has 3 nitrogen and oxygen atoms in total. The van der Waals surface area contributed by atoms with Crippen LogP contribution in [0.25, 0.3) is 0 Å². The molecule has 0 atom stereocenters. The standard InChI is InChI=1S/C13H27NO2/c1-11-4-6-13(10-16,7-5-11)14-8-12(2,3)9-15/h11,14-16H,4-10H2,1-3H3. The van der Waals surface area contributed by atoms with Crippen LogP contribution >= 0.6 is 0 Å². The molecule has 0 aliphatic heterocycles. The minimum absolute atomic E-state index is 0.0983. The molecule has 3 heteroatoms. The summed E-state index contributed by atoms with van der Waals surface area (Å²) in [5.41, 5.74) is -0.204. The molecule has 3 N–H and O–H groups in total. The van der Waals surface area contributed by atoms with Crippen molar-refractivity contribution in [3.63, 3.8) is 0 Å². The molecule has 1 fully saturated rings. The van der Waals surface area contributed by atoms with E-state index < -0.39 is 0 Å². The molecule has 0 heterocycles. The van der Waals surface area contributed by atoms with Gasteiger partial charge in [0.25, 0.3) is 0 Å². The summed E-state index contributed by atoms with van der Waals surface area (Å²) in [5.74, 6) is 0.785. The molecule has 0 spiro atoms. The van der Waals surface area contributed by atoms with Gasteiger partial charge in [-0.25, -0.2) is 0 Å². The van der Waals surface area contributed by atoms with Crippen LogP contribution in [0.4, 0.5) is 0 Å². The molecule has 0 aromatic carbocycles. The van der Waals surface area contributed by atoms with E-state index in [-0.39, 0.29) is 24.2 Å². The lowest BCUT2D eigenvalue weighted by Crippen LogP contribution is -2.53. The minimum Gasteiger partial charge on any atom is -0.396 e. The van der Waals surface area contributed by atoms with E-state index in [1.165, 1.54) is 12.8 Å². The minimum atomic E-state index is -0.106. The predicted molar refractivity (Wildman–Crippen MR) is 66.3 cm³/mol. The quantitative estimate of drug-likeness (QED) is 0.670. The highest BCUT2D eigenvalue weighted by molar-refractivity contribution is 4.93. The maximum Gasteiger partial charge on any atom is 0.0613 e. The maximum absolute atomic E-state index is 9.57. The van der Waals surface area contributed by atoms with Crippen LogP contribution in [0.3, 0.4) is 0 Å². The van der Waals surface area contributed by atoms with Crippen molar-refractivity contribution >= 4 is 0 Å². The van der Waals surface area contributed by atoms with Gasteiger partial charge < -0.3 is 15.5 Å². The monoisotopic (exact) mass is 229 g/mol. The van der Waals surface area contributed by atoms with E-state index in [1.54, 1.807) is 0 Å². The van der Waals surface area contributed by atoms with Gasteiger partial charge >= 0.3 is 0 Å². The van der Waals surface area contributed by atoms with Gasteiger partial charge in [0, 0.05) is 24.1 Å². The van der Waals surface area contributed by atoms with Crippen molar-refractivity contribution in [1.82, 2.24) is 5.32 Å². The van der Waals surface area contributed by atoms with Crippen molar-refractivity contribution in [2.24, 2.45) is 11.3 Å². The Morgan fingerprint density at radius 3 is 2.25 bits per heavy atom. The molecule has 16 heavy (non-hydrogen) atoms. The van der Waals surface area contributed by atoms with Gasteiger partial charge in [0.15, 0.2) is 0 Å². The number of aliphatic hydroxyl groups excluding tert-OH is 2. The number of nitrogens with one attached hydrogen (secondary N) is 1. The Balaban J connectivity index is 2.48. The number of rotatable bonds is 5. The van der Waals surface area contributed by atoms with Gasteiger partial charge in [0.05, 0.1) is 6.61 Å². The van der Waals surface area contributed by atoms with Crippen LogP contribution in [0.1, 0.15) is 46.5 Å². The van der Waals surface area contributed by atoms with E-state index >= 15 is 0 Å². The Hall–Kier alpha value is -0.120. The van der Waals surface area contributed by atoms with E-state index in [0.29, 0.717) is 0 Å². The average Bonchev–Trinajstić information content (AvgIpc) is 2.29. The zero-order valence-electron chi connectivity index (χ0n) is 10.9. The Kier molecular flexibility index (Phi) is 4.77. The third kappa shape index (κ3) is 3.72. The Labute approximate surface area is 99.3 Å². The zero-order chi connectivity index (χ0) is 12.2. The summed E-state index contributed by atoms with van der Waals surface area (Å²) in [6, 6.07) is 0. The van der Waals surface area contributed by atoms with Crippen molar-refractivity contribution in [3.05, 3.63) is 0 Å². The van der Waals surface area contributed by atoms with E-state index in [9.17, 15) is 10.2 Å². The van der Waals surface area contributed by atoms with E-state index in [1.807, 2.05) is 13.8 Å². The second kappa shape index (κ2) is 5.48. The summed E-state index contributed by atoms with van der Waals surface area (Å²) in [6.07, 6.45) is 4.47. The van der Waals surface area contributed by atoms with Crippen molar-refractivity contribution < 1.29 is 10.2 Å². The molecule has 0 radical (unpaired) electrons. The number of aliphatic hydroxyl groups is 2. The van der Waals surface area contributed by atoms with Gasteiger partial charge in [0.1, 0.15) is 0 Å². The molecular weight excluding hydrogens is 202 g/mol. The van der Waals surface area contributed by atoms with Gasteiger partial charge in [-0.15, -0.1) is 0 Å². The summed E-state index contributed by atoms with van der Waals surface area (Å²) in [4.78, 5) is 0. The lowest BCUT2D eigenvalue weighted by Gasteiger charge is -2.41. The van der Waals surface area contributed by atoms with E-state index in [2.05, 4.69) is 12.2 Å². The Morgan fingerprint density at radius 2 is 1.81 bits per heavy atom. The molecular formula is C13H27NO2. The molecule has 0 saturated heterocycles. The summed E-state index contributed by atoms with van der Waals surface area (Å²) < 4.78 is 0. The van der Waals surface area contributed by atoms with Crippen LogP contribution in [-0.4, -0.2) is 35.5 Å². The smallest absolute Gasteiger partial charge is 0.0613 e. The van der Waals surface area contributed by atoms with Gasteiger partial charge in [-0.1, -0.05) is 20.8 Å². The van der Waals surface area contributed by atoms with Gasteiger partial charge in [0.2, 0.25) is 0 Å². The third-order valence-electron chi connectivity index (χ3n) is 3.90. The van der Waals surface area contributed by atoms with Crippen molar-refractivity contribution in [3.8, 4) is 0 Å². The number of hydrogen-bond acceptors (Lipinski definition) is 3. The topological polar surface area (TPSA) is 52.5 Å². The van der Waals surface area contributed by atoms with E-state index in [0.717, 1.165) is 25.3 Å². The van der Waals surface area contributed by atoms with Crippen molar-refractivity contribution in [2.75, 3.05) is 19.8 Å². The highest BCUT2D eigenvalue weighted by atomic mass is 16.3. The second-order valence-electron chi connectivity index (χ2n) is 6.30. The van der Waals surface area contributed by atoms with Crippen LogP contribution in [-0.2, 0) is 0 Å². The summed E-state index contributed by atoms with van der Waals surface area (Å²) >= 11 is 0. The fraction of sp³-hybridized carbons (Fsp3) is 1.00.